The van der Waals surface area contributed by atoms with Gasteiger partial charge in [0, 0.05) is 16.0 Å². The van der Waals surface area contributed by atoms with Crippen molar-refractivity contribution in [2.75, 3.05) is 25.0 Å². The molecular weight excluding hydrogens is 404 g/mol. The lowest BCUT2D eigenvalue weighted by Gasteiger charge is -2.30. The predicted octanol–water partition coefficient (Wildman–Crippen LogP) is 4.60. The summed E-state index contributed by atoms with van der Waals surface area (Å²) in [4.78, 5) is 27.1. The Kier molecular flexibility index (Phi) is 6.45. The Hall–Kier alpha value is -1.98. The van der Waals surface area contributed by atoms with Crippen LogP contribution in [0.15, 0.2) is 46.9 Å². The monoisotopic (exact) mass is 428 g/mol. The molecule has 142 valence electrons. The number of hydrogen-bond donors (Lipinski definition) is 1. The fourth-order valence-electron chi connectivity index (χ4n) is 3.42. The van der Waals surface area contributed by atoms with Crippen molar-refractivity contribution in [2.24, 2.45) is 5.92 Å². The molecule has 0 unspecified atom stereocenters. The zero-order valence-electron chi connectivity index (χ0n) is 15.8. The van der Waals surface area contributed by atoms with Gasteiger partial charge < -0.3 is 5.32 Å². The van der Waals surface area contributed by atoms with E-state index in [9.17, 15) is 9.59 Å². The van der Waals surface area contributed by atoms with Crippen molar-refractivity contribution >= 4 is 33.3 Å². The first-order valence-corrected chi connectivity index (χ1v) is 10.1. The van der Waals surface area contributed by atoms with Crippen LogP contribution in [0.4, 0.5) is 5.69 Å². The third-order valence-electron chi connectivity index (χ3n) is 5.06. The fourth-order valence-corrected chi connectivity index (χ4v) is 4.01. The molecule has 1 aliphatic heterocycles. The third kappa shape index (κ3) is 5.27. The average Bonchev–Trinajstić information content (AvgIpc) is 2.65. The lowest BCUT2D eigenvalue weighted by Crippen LogP contribution is -2.40. The molecular formula is C22H25BrN2O2. The topological polar surface area (TPSA) is 49.4 Å². The van der Waals surface area contributed by atoms with E-state index in [-0.39, 0.29) is 17.6 Å². The second-order valence-electron chi connectivity index (χ2n) is 7.31. The van der Waals surface area contributed by atoms with E-state index in [4.69, 9.17) is 0 Å². The molecule has 1 heterocycles. The maximum absolute atomic E-state index is 12.6. The molecule has 27 heavy (non-hydrogen) atoms. The van der Waals surface area contributed by atoms with Gasteiger partial charge in [0.1, 0.15) is 0 Å². The maximum Gasteiger partial charge on any atom is 0.238 e. The van der Waals surface area contributed by atoms with E-state index in [2.05, 4.69) is 26.1 Å². The number of benzene rings is 2. The van der Waals surface area contributed by atoms with Crippen molar-refractivity contribution in [1.82, 2.24) is 4.90 Å². The molecule has 1 saturated heterocycles. The van der Waals surface area contributed by atoms with Gasteiger partial charge in [0.05, 0.1) is 12.2 Å². The Morgan fingerprint density at radius 1 is 1.04 bits per heavy atom. The number of nitrogens with one attached hydrogen (secondary N) is 1. The Labute approximate surface area is 169 Å². The summed E-state index contributed by atoms with van der Waals surface area (Å²) in [6.07, 6.45) is 1.60. The van der Waals surface area contributed by atoms with E-state index in [1.54, 1.807) is 0 Å². The highest BCUT2D eigenvalue weighted by atomic mass is 79.9. The van der Waals surface area contributed by atoms with Gasteiger partial charge in [-0.25, -0.2) is 0 Å². The molecule has 0 aromatic heterocycles. The van der Waals surface area contributed by atoms with Gasteiger partial charge >= 0.3 is 0 Å². The van der Waals surface area contributed by atoms with Crippen molar-refractivity contribution in [3.05, 3.63) is 63.6 Å². The normalized spacial score (nSPS) is 15.5. The Balaban J connectivity index is 1.49. The molecule has 2 aromatic carbocycles. The molecule has 2 aromatic rings. The number of aryl methyl sites for hydroxylation is 2. The number of nitrogens with zero attached hydrogens (tertiary/aromatic N) is 1. The number of carbonyl (C=O) groups excluding carboxylic acids is 2. The van der Waals surface area contributed by atoms with Crippen molar-refractivity contribution in [2.45, 2.75) is 26.7 Å². The van der Waals surface area contributed by atoms with Crippen LogP contribution < -0.4 is 5.32 Å². The van der Waals surface area contributed by atoms with E-state index >= 15 is 0 Å². The van der Waals surface area contributed by atoms with Crippen molar-refractivity contribution < 1.29 is 9.59 Å². The number of carbonyl (C=O) groups is 2. The van der Waals surface area contributed by atoms with Crippen LogP contribution in [0.5, 0.6) is 0 Å². The summed E-state index contributed by atoms with van der Waals surface area (Å²) in [7, 11) is 0. The van der Waals surface area contributed by atoms with Crippen LogP contribution in [0.25, 0.3) is 0 Å². The summed E-state index contributed by atoms with van der Waals surface area (Å²) in [6, 6.07) is 13.7. The summed E-state index contributed by atoms with van der Waals surface area (Å²) in [5.74, 6) is 0.254. The average molecular weight is 429 g/mol. The molecule has 0 radical (unpaired) electrons. The highest BCUT2D eigenvalue weighted by Crippen LogP contribution is 2.24. The van der Waals surface area contributed by atoms with Crippen LogP contribution in [0.3, 0.4) is 0 Å². The van der Waals surface area contributed by atoms with E-state index in [0.717, 1.165) is 52.8 Å². The predicted molar refractivity (Wildman–Crippen MR) is 112 cm³/mol. The highest BCUT2D eigenvalue weighted by Gasteiger charge is 2.26. The largest absolute Gasteiger partial charge is 0.324 e. The molecule has 1 fully saturated rings. The second kappa shape index (κ2) is 8.81. The molecule has 1 N–H and O–H groups in total. The standard InChI is InChI=1S/C22H25BrN2O2/c1-15-3-6-17(7-4-15)22(27)18-9-11-25(12-10-18)14-21(26)24-20-8-5-16(2)13-19(20)23/h3-8,13,18H,9-12,14H2,1-2H3,(H,24,26). The van der Waals surface area contributed by atoms with Crippen molar-refractivity contribution in [1.29, 1.82) is 0 Å². The third-order valence-corrected chi connectivity index (χ3v) is 5.72. The molecule has 0 spiro atoms. The first-order chi connectivity index (χ1) is 12.9. The SMILES string of the molecule is Cc1ccc(C(=O)C2CCN(CC(=O)Nc3ccc(C)cc3Br)CC2)cc1. The quantitative estimate of drug-likeness (QED) is 0.707. The van der Waals surface area contributed by atoms with E-state index < -0.39 is 0 Å². The summed E-state index contributed by atoms with van der Waals surface area (Å²) in [5, 5.41) is 2.96. The Morgan fingerprint density at radius 3 is 2.30 bits per heavy atom. The van der Waals surface area contributed by atoms with Gasteiger partial charge in [-0.1, -0.05) is 35.9 Å². The van der Waals surface area contributed by atoms with Gasteiger partial charge in [0.2, 0.25) is 5.91 Å². The van der Waals surface area contributed by atoms with Crippen LogP contribution in [-0.4, -0.2) is 36.2 Å². The van der Waals surface area contributed by atoms with Gasteiger partial charge in [0.15, 0.2) is 5.78 Å². The minimum Gasteiger partial charge on any atom is -0.324 e. The molecule has 3 rings (SSSR count). The molecule has 0 saturated carbocycles. The summed E-state index contributed by atoms with van der Waals surface area (Å²) < 4.78 is 0.887. The highest BCUT2D eigenvalue weighted by molar-refractivity contribution is 9.10. The number of ketones is 1. The van der Waals surface area contributed by atoms with Crippen molar-refractivity contribution in [3.63, 3.8) is 0 Å². The number of hydrogen-bond acceptors (Lipinski definition) is 3. The molecule has 0 bridgehead atoms. The number of piperidine rings is 1. The van der Waals surface area contributed by atoms with Crippen molar-refractivity contribution in [3.8, 4) is 0 Å². The summed E-state index contributed by atoms with van der Waals surface area (Å²) in [5.41, 5.74) is 3.88. The van der Waals surface area contributed by atoms with Gasteiger partial charge in [-0.05, 0) is 73.4 Å². The van der Waals surface area contributed by atoms with Crippen LogP contribution >= 0.6 is 15.9 Å². The lowest BCUT2D eigenvalue weighted by atomic mass is 9.88. The Bertz CT molecular complexity index is 825. The molecule has 1 amide bonds. The smallest absolute Gasteiger partial charge is 0.238 e. The van der Waals surface area contributed by atoms with Crippen LogP contribution in [0.2, 0.25) is 0 Å². The lowest BCUT2D eigenvalue weighted by molar-refractivity contribution is -0.117. The van der Waals surface area contributed by atoms with E-state index in [1.165, 1.54) is 0 Å². The van der Waals surface area contributed by atoms with Gasteiger partial charge in [0.25, 0.3) is 0 Å². The number of likely N-dealkylation sites (tertiary alicyclic amines) is 1. The molecule has 1 aliphatic rings. The zero-order chi connectivity index (χ0) is 19.4. The minimum atomic E-state index is -0.0251. The molecule has 0 atom stereocenters. The zero-order valence-corrected chi connectivity index (χ0v) is 17.4. The number of Topliss-reactive ketones (excluding diaryl/α,β-unsaturated/α-hetero) is 1. The maximum atomic E-state index is 12.6. The first-order valence-electron chi connectivity index (χ1n) is 9.31. The molecule has 0 aliphatic carbocycles. The number of halogens is 1. The second-order valence-corrected chi connectivity index (χ2v) is 8.17. The van der Waals surface area contributed by atoms with Crippen LogP contribution in [-0.2, 0) is 4.79 Å². The minimum absolute atomic E-state index is 0.0251. The molecule has 4 nitrogen and oxygen atoms in total. The molecule has 5 heteroatoms. The Morgan fingerprint density at radius 2 is 1.67 bits per heavy atom. The fraction of sp³-hybridized carbons (Fsp3) is 0.364. The van der Waals surface area contributed by atoms with E-state index in [1.807, 2.05) is 56.3 Å². The first kappa shape index (κ1) is 19.8. The van der Waals surface area contributed by atoms with Gasteiger partial charge in [-0.3, -0.25) is 14.5 Å². The van der Waals surface area contributed by atoms with Gasteiger partial charge in [-0.2, -0.15) is 0 Å². The summed E-state index contributed by atoms with van der Waals surface area (Å²) >= 11 is 3.49. The van der Waals surface area contributed by atoms with Crippen LogP contribution in [0.1, 0.15) is 34.3 Å². The van der Waals surface area contributed by atoms with Crippen LogP contribution in [0, 0.1) is 19.8 Å². The summed E-state index contributed by atoms with van der Waals surface area (Å²) in [6.45, 7) is 5.92. The van der Waals surface area contributed by atoms with Gasteiger partial charge in [-0.15, -0.1) is 0 Å². The number of anilines is 1. The van der Waals surface area contributed by atoms with E-state index in [0.29, 0.717) is 6.54 Å². The number of amides is 1. The number of rotatable bonds is 5.